The minimum atomic E-state index is -1.05. The van der Waals surface area contributed by atoms with E-state index in [4.69, 9.17) is 4.74 Å². The lowest BCUT2D eigenvalue weighted by Gasteiger charge is -2.42. The Morgan fingerprint density at radius 2 is 1.50 bits per heavy atom. The average Bonchev–Trinajstić information content (AvgIpc) is 2.87. The summed E-state index contributed by atoms with van der Waals surface area (Å²) in [7, 11) is 3.17. The summed E-state index contributed by atoms with van der Waals surface area (Å²) in [6.45, 7) is 18.2. The number of likely N-dealkylation sites (N-methyl/N-ethyl adjacent to an activating group) is 2. The molecule has 0 heterocycles. The smallest absolute Gasteiger partial charge is 0.410 e. The molecular weight excluding hydrogens is 534 g/mol. The van der Waals surface area contributed by atoms with Crippen LogP contribution in [0.3, 0.4) is 0 Å². The molecule has 1 aromatic rings. The fourth-order valence-electron chi connectivity index (χ4n) is 4.85. The van der Waals surface area contributed by atoms with Crippen molar-refractivity contribution < 1.29 is 29.0 Å². The summed E-state index contributed by atoms with van der Waals surface area (Å²) in [5.74, 6) is -1.89. The quantitative estimate of drug-likeness (QED) is 0.300. The molecule has 0 saturated heterocycles. The standard InChI is InChI=1S/C33H53N3O6/c1-13-14-20-24(21-22(2)29(39)40)35(11)28(38)25(31(3,4)5)34-27(37)26(36(12)30(41)42-32(6,7)8)33(9,10)23-18-16-15-17-19-23/h15-19,21,24-26H,13-14,20H2,1-12H3,(H,34,37)(H,39,40)/t24-,25+,26+/m0/s1. The van der Waals surface area contributed by atoms with Gasteiger partial charge < -0.3 is 20.1 Å². The predicted molar refractivity (Wildman–Crippen MR) is 166 cm³/mol. The zero-order valence-electron chi connectivity index (χ0n) is 27.7. The molecule has 0 unspecified atom stereocenters. The zero-order valence-corrected chi connectivity index (χ0v) is 27.7. The van der Waals surface area contributed by atoms with Gasteiger partial charge >= 0.3 is 12.1 Å². The Hall–Kier alpha value is -3.36. The molecule has 3 atom stereocenters. The highest BCUT2D eigenvalue weighted by molar-refractivity contribution is 5.93. The number of ether oxygens (including phenoxy) is 1. The zero-order chi connectivity index (χ0) is 32.6. The second-order valence-electron chi connectivity index (χ2n) is 13.7. The Bertz CT molecular complexity index is 1110. The molecule has 0 fully saturated rings. The Morgan fingerprint density at radius 3 is 1.95 bits per heavy atom. The van der Waals surface area contributed by atoms with Crippen molar-refractivity contribution in [3.05, 3.63) is 47.5 Å². The van der Waals surface area contributed by atoms with Crippen LogP contribution in [-0.4, -0.2) is 76.6 Å². The Balaban J connectivity index is 3.57. The topological polar surface area (TPSA) is 116 Å². The molecule has 0 aromatic heterocycles. The number of hydrogen-bond acceptors (Lipinski definition) is 5. The third kappa shape index (κ3) is 10.2. The van der Waals surface area contributed by atoms with Gasteiger partial charge in [-0.1, -0.05) is 90.8 Å². The van der Waals surface area contributed by atoms with Gasteiger partial charge in [0.25, 0.3) is 0 Å². The van der Waals surface area contributed by atoms with Gasteiger partial charge in [-0.05, 0) is 45.1 Å². The lowest BCUT2D eigenvalue weighted by atomic mass is 9.76. The first-order valence-electron chi connectivity index (χ1n) is 14.6. The number of amides is 3. The van der Waals surface area contributed by atoms with Crippen LogP contribution in [0.5, 0.6) is 0 Å². The molecule has 0 radical (unpaired) electrons. The fraction of sp³-hybridized carbons (Fsp3) is 0.636. The minimum Gasteiger partial charge on any atom is -0.478 e. The second kappa shape index (κ2) is 14.7. The van der Waals surface area contributed by atoms with Crippen LogP contribution in [0.2, 0.25) is 0 Å². The molecule has 9 heteroatoms. The van der Waals surface area contributed by atoms with Gasteiger partial charge in [0.05, 0.1) is 6.04 Å². The first-order valence-corrected chi connectivity index (χ1v) is 14.6. The van der Waals surface area contributed by atoms with E-state index in [1.54, 1.807) is 33.9 Å². The predicted octanol–water partition coefficient (Wildman–Crippen LogP) is 5.78. The summed E-state index contributed by atoms with van der Waals surface area (Å²) in [5, 5.41) is 12.4. The molecule has 42 heavy (non-hydrogen) atoms. The lowest BCUT2D eigenvalue weighted by molar-refractivity contribution is -0.141. The van der Waals surface area contributed by atoms with Crippen molar-refractivity contribution >= 4 is 23.9 Å². The van der Waals surface area contributed by atoms with E-state index in [0.717, 1.165) is 18.4 Å². The van der Waals surface area contributed by atoms with Crippen molar-refractivity contribution in [1.29, 1.82) is 0 Å². The normalized spacial score (nSPS) is 14.8. The largest absolute Gasteiger partial charge is 0.478 e. The number of carboxylic acid groups (broad SMARTS) is 1. The van der Waals surface area contributed by atoms with Crippen LogP contribution in [0.25, 0.3) is 0 Å². The summed E-state index contributed by atoms with van der Waals surface area (Å²) in [6, 6.07) is 6.99. The van der Waals surface area contributed by atoms with Crippen LogP contribution in [-0.2, 0) is 24.5 Å². The third-order valence-corrected chi connectivity index (χ3v) is 7.40. The summed E-state index contributed by atoms with van der Waals surface area (Å²) >= 11 is 0. The number of hydrogen-bond donors (Lipinski definition) is 2. The molecule has 1 aromatic carbocycles. The maximum absolute atomic E-state index is 14.2. The van der Waals surface area contributed by atoms with Crippen molar-refractivity contribution in [1.82, 2.24) is 15.1 Å². The molecular formula is C33H53N3O6. The van der Waals surface area contributed by atoms with Crippen LogP contribution in [0.4, 0.5) is 4.79 Å². The third-order valence-electron chi connectivity index (χ3n) is 7.40. The Morgan fingerprint density at radius 1 is 0.952 bits per heavy atom. The maximum atomic E-state index is 14.2. The van der Waals surface area contributed by atoms with Gasteiger partial charge in [-0.2, -0.15) is 0 Å². The molecule has 236 valence electrons. The number of carboxylic acids is 1. The molecule has 0 spiro atoms. The van der Waals surface area contributed by atoms with Gasteiger partial charge in [-0.15, -0.1) is 0 Å². The van der Waals surface area contributed by atoms with Crippen LogP contribution in [0.1, 0.15) is 94.1 Å². The average molecular weight is 588 g/mol. The number of aliphatic carboxylic acids is 1. The highest BCUT2D eigenvalue weighted by atomic mass is 16.6. The summed E-state index contributed by atoms with van der Waals surface area (Å²) in [5.41, 5.74) is -1.35. The number of unbranched alkanes of at least 4 members (excludes halogenated alkanes) is 1. The van der Waals surface area contributed by atoms with Crippen molar-refractivity contribution in [3.63, 3.8) is 0 Å². The van der Waals surface area contributed by atoms with Crippen LogP contribution in [0, 0.1) is 5.41 Å². The highest BCUT2D eigenvalue weighted by Crippen LogP contribution is 2.32. The van der Waals surface area contributed by atoms with E-state index in [2.05, 4.69) is 5.32 Å². The van der Waals surface area contributed by atoms with E-state index in [-0.39, 0.29) is 11.5 Å². The Labute approximate surface area is 252 Å². The minimum absolute atomic E-state index is 0.149. The van der Waals surface area contributed by atoms with Crippen LogP contribution >= 0.6 is 0 Å². The maximum Gasteiger partial charge on any atom is 0.410 e. The summed E-state index contributed by atoms with van der Waals surface area (Å²) in [6.07, 6.45) is 3.20. The SMILES string of the molecule is CCCC[C@@H](C=C(C)C(=O)O)N(C)C(=O)[C@@H](NC(=O)[C@@H](N(C)C(=O)OC(C)(C)C)C(C)(C)c1ccccc1)C(C)(C)C. The van der Waals surface area contributed by atoms with Gasteiger partial charge in [-0.25, -0.2) is 9.59 Å². The summed E-state index contributed by atoms with van der Waals surface area (Å²) in [4.78, 5) is 55.9. The van der Waals surface area contributed by atoms with Crippen molar-refractivity contribution in [3.8, 4) is 0 Å². The van der Waals surface area contributed by atoms with Crippen LogP contribution in [0.15, 0.2) is 42.0 Å². The molecule has 0 aliphatic rings. The molecule has 3 amide bonds. The molecule has 0 aliphatic carbocycles. The number of benzene rings is 1. The van der Waals surface area contributed by atoms with Crippen molar-refractivity contribution in [2.75, 3.05) is 14.1 Å². The van der Waals surface area contributed by atoms with E-state index in [9.17, 15) is 24.3 Å². The number of nitrogens with one attached hydrogen (secondary N) is 1. The highest BCUT2D eigenvalue weighted by Gasteiger charge is 2.45. The number of rotatable bonds is 12. The molecule has 2 N–H and O–H groups in total. The van der Waals surface area contributed by atoms with E-state index in [1.165, 1.54) is 23.8 Å². The van der Waals surface area contributed by atoms with Gasteiger partial charge in [0.15, 0.2) is 0 Å². The van der Waals surface area contributed by atoms with E-state index >= 15 is 0 Å². The molecule has 9 nitrogen and oxygen atoms in total. The van der Waals surface area contributed by atoms with Gasteiger partial charge in [-0.3, -0.25) is 14.5 Å². The number of carbonyl (C=O) groups excluding carboxylic acids is 3. The van der Waals surface area contributed by atoms with Crippen molar-refractivity contribution in [2.45, 2.75) is 118 Å². The Kier molecular flexibility index (Phi) is 12.8. The first kappa shape index (κ1) is 36.7. The molecule has 0 aliphatic heterocycles. The van der Waals surface area contributed by atoms with Crippen LogP contribution < -0.4 is 5.32 Å². The number of nitrogens with zero attached hydrogens (tertiary/aromatic N) is 2. The molecule has 0 bridgehead atoms. The molecule has 1 rings (SSSR count). The monoisotopic (exact) mass is 587 g/mol. The molecule has 0 saturated carbocycles. The van der Waals surface area contributed by atoms with E-state index < -0.39 is 52.5 Å². The first-order chi connectivity index (χ1) is 19.1. The number of carbonyl (C=O) groups is 4. The van der Waals surface area contributed by atoms with E-state index in [0.29, 0.717) is 6.42 Å². The van der Waals surface area contributed by atoms with E-state index in [1.807, 2.05) is 71.9 Å². The second-order valence-corrected chi connectivity index (χ2v) is 13.7. The fourth-order valence-corrected chi connectivity index (χ4v) is 4.85. The van der Waals surface area contributed by atoms with Gasteiger partial charge in [0.1, 0.15) is 17.7 Å². The van der Waals surface area contributed by atoms with Crippen molar-refractivity contribution in [2.24, 2.45) is 5.41 Å². The summed E-state index contributed by atoms with van der Waals surface area (Å²) < 4.78 is 5.62. The van der Waals surface area contributed by atoms with Gasteiger partial charge in [0.2, 0.25) is 11.8 Å². The van der Waals surface area contributed by atoms with Gasteiger partial charge in [0, 0.05) is 25.1 Å². The lowest BCUT2D eigenvalue weighted by Crippen LogP contribution is -2.63.